The molecule has 20 aromatic carbocycles. The van der Waals surface area contributed by atoms with Gasteiger partial charge in [0.1, 0.15) is 5.82 Å². The molecule has 10 heterocycles. The zero-order chi connectivity index (χ0) is 98.2. The number of nitrogens with zero attached hydrogens (tertiary/aromatic N) is 13. The van der Waals surface area contributed by atoms with Crippen LogP contribution in [-0.4, -0.2) is 62.3 Å². The Morgan fingerprint density at radius 1 is 0.216 bits per heavy atom. The molecule has 30 rings (SSSR count). The third-order valence-corrected chi connectivity index (χ3v) is 29.4. The standard InChI is InChI=1S/C49H31N5.C45H27N5S.C35H23N3.C5H4/c1-3-14-32(15-4-1)35-18-13-19-36(28-35)47-50-48(37-27-26-33-16-7-8-17-34(33)29-37)52-49(51-47)54-44-25-12-10-23-40(44)42-30-45-41(31-46(42)54)39-22-9-11-24-43(39)53(45)38-20-5-2-6-21-38;1-3-14-28(15-4-1)43-46-44(29-16-5-2-6-17-29)48-45(47-43)50-36-22-11-8-19-31(36)34-26-38-33(27-39(34)50)30-18-7-10-21-35(30)49(38)37-23-13-25-41-42(37)32-20-9-12-24-40(32)51-41;1-3-12-24(13-4-1)29-18-11-21-33(36-29)38-31-20-10-8-17-28(31)34-32(38)23-22-27-26-16-7-9-19-30(26)37(35(27)34)25-14-5-2-6-15-25;1-3-5-4-2/h1-31H;1-27H;1-23H;1H,2H3. The van der Waals surface area contributed by atoms with E-state index in [9.17, 15) is 0 Å². The van der Waals surface area contributed by atoms with Crippen molar-refractivity contribution in [2.75, 3.05) is 0 Å². The Labute approximate surface area is 854 Å². The number of pyridine rings is 1. The molecule has 13 nitrogen and oxygen atoms in total. The summed E-state index contributed by atoms with van der Waals surface area (Å²) in [5.74, 6) is 11.7. The third-order valence-electron chi connectivity index (χ3n) is 28.2. The van der Waals surface area contributed by atoms with Gasteiger partial charge in [0.2, 0.25) is 11.9 Å². The summed E-state index contributed by atoms with van der Waals surface area (Å²) in [5.41, 5.74) is 25.1. The maximum absolute atomic E-state index is 5.30. The predicted molar refractivity (Wildman–Crippen MR) is 615 cm³/mol. The van der Waals surface area contributed by atoms with Crippen LogP contribution in [-0.2, 0) is 0 Å². The van der Waals surface area contributed by atoms with E-state index in [0.717, 1.165) is 127 Å². The molecule has 30 aromatic rings. The number of hydrogen-bond acceptors (Lipinski definition) is 8. The Kier molecular flexibility index (Phi) is 21.6. The lowest BCUT2D eigenvalue weighted by Crippen LogP contribution is -2.06. The first-order valence-corrected chi connectivity index (χ1v) is 50.3. The molecule has 0 saturated heterocycles. The molecule has 0 aliphatic rings. The van der Waals surface area contributed by atoms with Crippen molar-refractivity contribution < 1.29 is 0 Å². The van der Waals surface area contributed by atoms with Gasteiger partial charge in [-0.1, -0.05) is 364 Å². The molecule has 148 heavy (non-hydrogen) atoms. The molecule has 0 bridgehead atoms. The van der Waals surface area contributed by atoms with Gasteiger partial charge in [-0.15, -0.1) is 17.8 Å². The second-order valence-electron chi connectivity index (χ2n) is 36.7. The minimum absolute atomic E-state index is 0.575. The van der Waals surface area contributed by atoms with Crippen LogP contribution in [0.2, 0.25) is 0 Å². The van der Waals surface area contributed by atoms with E-state index in [2.05, 4.69) is 488 Å². The van der Waals surface area contributed by atoms with Gasteiger partial charge < -0.3 is 13.7 Å². The van der Waals surface area contributed by atoms with Crippen molar-refractivity contribution in [2.45, 2.75) is 6.92 Å². The summed E-state index contributed by atoms with van der Waals surface area (Å²) in [6, 6.07) is 173. The summed E-state index contributed by atoms with van der Waals surface area (Å²) in [6.45, 7) is 1.71. The van der Waals surface area contributed by atoms with Crippen molar-refractivity contribution in [2.24, 2.45) is 0 Å². The van der Waals surface area contributed by atoms with Gasteiger partial charge in [0, 0.05) is 124 Å². The summed E-state index contributed by atoms with van der Waals surface area (Å²) in [5, 5.41) is 19.2. The van der Waals surface area contributed by atoms with E-state index in [1.807, 2.05) is 59.9 Å². The van der Waals surface area contributed by atoms with Gasteiger partial charge in [-0.3, -0.25) is 13.7 Å². The van der Waals surface area contributed by atoms with Crippen molar-refractivity contribution in [1.82, 2.24) is 62.3 Å². The highest BCUT2D eigenvalue weighted by molar-refractivity contribution is 7.26. The lowest BCUT2D eigenvalue weighted by atomic mass is 10.0. The molecule has 0 aliphatic heterocycles. The number of aromatic nitrogens is 13. The molecule has 0 saturated carbocycles. The molecule has 0 fully saturated rings. The number of rotatable bonds is 12. The molecular weight excluding hydrogens is 1820 g/mol. The number of hydrogen-bond donors (Lipinski definition) is 0. The molecule has 0 aliphatic carbocycles. The van der Waals surface area contributed by atoms with Crippen LogP contribution in [0.5, 0.6) is 0 Å². The van der Waals surface area contributed by atoms with Gasteiger partial charge in [-0.05, 0) is 174 Å². The van der Waals surface area contributed by atoms with Gasteiger partial charge in [0.25, 0.3) is 0 Å². The Morgan fingerprint density at radius 2 is 0.601 bits per heavy atom. The van der Waals surface area contributed by atoms with Crippen LogP contribution >= 0.6 is 11.3 Å². The molecule has 10 aromatic heterocycles. The highest BCUT2D eigenvalue weighted by Crippen LogP contribution is 2.48. The molecule has 0 atom stereocenters. The number of thiophene rings is 1. The van der Waals surface area contributed by atoms with E-state index in [4.69, 9.17) is 41.3 Å². The number of para-hydroxylation sites is 8. The Morgan fingerprint density at radius 3 is 1.14 bits per heavy atom. The first kappa shape index (κ1) is 87.0. The molecule has 692 valence electrons. The maximum Gasteiger partial charge on any atom is 0.238 e. The average Bonchev–Trinajstić information content (AvgIpc) is 1.54. The molecule has 0 N–H and O–H groups in total. The zero-order valence-electron chi connectivity index (χ0n) is 80.1. The second-order valence-corrected chi connectivity index (χ2v) is 37.8. The van der Waals surface area contributed by atoms with Crippen LogP contribution < -0.4 is 0 Å². The maximum atomic E-state index is 5.30. The van der Waals surface area contributed by atoms with Crippen LogP contribution in [0.1, 0.15) is 6.92 Å². The third kappa shape index (κ3) is 15.0. The first-order chi connectivity index (χ1) is 73.4. The fraction of sp³-hybridized carbons (Fsp3) is 0.00746. The Hall–Kier alpha value is -20.0. The van der Waals surface area contributed by atoms with E-state index >= 15 is 0 Å². The summed E-state index contributed by atoms with van der Waals surface area (Å²) in [7, 11) is 0. The topological polar surface area (TPSA) is 120 Å². The van der Waals surface area contributed by atoms with Gasteiger partial charge in [-0.2, -0.15) is 19.9 Å². The van der Waals surface area contributed by atoms with Crippen molar-refractivity contribution in [3.05, 3.63) is 491 Å². The minimum Gasteiger partial charge on any atom is -0.309 e. The van der Waals surface area contributed by atoms with Gasteiger partial charge in [0.05, 0.1) is 77.6 Å². The lowest BCUT2D eigenvalue weighted by molar-refractivity contribution is 0.953. The quantitative estimate of drug-likeness (QED) is 0.112. The molecule has 0 amide bonds. The van der Waals surface area contributed by atoms with Gasteiger partial charge in [-0.25, -0.2) is 15.0 Å². The average molecular weight is 1910 g/mol. The molecule has 0 unspecified atom stereocenters. The van der Waals surface area contributed by atoms with Crippen molar-refractivity contribution >= 4 is 173 Å². The summed E-state index contributed by atoms with van der Waals surface area (Å²) in [6.07, 6.45) is 4.72. The SMILES string of the molecule is C#CC#CC.c1ccc(-c2cccc(-c3nc(-c4ccc5ccccc5c4)nc(-n4c5ccccc5c5cc6c(cc54)c4ccccc4n6-c4ccccc4)n3)c2)cc1.c1ccc(-c2cccc(-n3c4ccccc4c4c3ccc3c5ccccc5n(-c5ccccc5)c34)n2)cc1.c1ccc(-c2nc(-c3ccccc3)nc(-n3c4ccccc4c4cc5c(cc43)c3ccccc3n5-c3cccc4sc5ccccc5c34)n2)cc1. The normalized spacial score (nSPS) is 11.5. The molecule has 0 spiro atoms. The molecule has 14 heteroatoms. The summed E-state index contributed by atoms with van der Waals surface area (Å²) < 4.78 is 16.6. The van der Waals surface area contributed by atoms with Crippen LogP contribution in [0.25, 0.3) is 264 Å². The van der Waals surface area contributed by atoms with Gasteiger partial charge in [0.15, 0.2) is 23.3 Å². The number of fused-ring (bicyclic) bond motifs is 23. The number of benzene rings is 20. The van der Waals surface area contributed by atoms with Gasteiger partial charge >= 0.3 is 0 Å². The van der Waals surface area contributed by atoms with E-state index in [0.29, 0.717) is 35.2 Å². The predicted octanol–water partition coefficient (Wildman–Crippen LogP) is 33.6. The first-order valence-electron chi connectivity index (χ1n) is 49.5. The smallest absolute Gasteiger partial charge is 0.238 e. The second kappa shape index (κ2) is 36.8. The van der Waals surface area contributed by atoms with E-state index in [-0.39, 0.29) is 0 Å². The van der Waals surface area contributed by atoms with Crippen LogP contribution in [0, 0.1) is 24.2 Å². The Bertz CT molecular complexity index is 10600. The zero-order valence-corrected chi connectivity index (χ0v) is 80.9. The van der Waals surface area contributed by atoms with Crippen LogP contribution in [0.4, 0.5) is 0 Å². The fourth-order valence-corrected chi connectivity index (χ4v) is 22.9. The highest BCUT2D eigenvalue weighted by Gasteiger charge is 2.28. The summed E-state index contributed by atoms with van der Waals surface area (Å²) >= 11 is 1.85. The Balaban J connectivity index is 0.000000109. The highest BCUT2D eigenvalue weighted by atomic mass is 32.1. The monoisotopic (exact) mass is 1910 g/mol. The molecular formula is C134H85N13S. The minimum atomic E-state index is 0.575. The largest absolute Gasteiger partial charge is 0.309 e. The lowest BCUT2D eigenvalue weighted by Gasteiger charge is -2.12. The van der Waals surface area contributed by atoms with E-state index in [1.165, 1.54) is 102 Å². The van der Waals surface area contributed by atoms with Crippen molar-refractivity contribution in [1.29, 1.82) is 0 Å². The number of terminal acetylenes is 1. The van der Waals surface area contributed by atoms with E-state index in [1.54, 1.807) is 6.92 Å². The van der Waals surface area contributed by atoms with Crippen LogP contribution in [0.3, 0.4) is 0 Å². The van der Waals surface area contributed by atoms with Crippen molar-refractivity contribution in [3.8, 4) is 127 Å². The van der Waals surface area contributed by atoms with Crippen LogP contribution in [0.15, 0.2) is 491 Å². The summed E-state index contributed by atoms with van der Waals surface area (Å²) in [4.78, 5) is 36.2. The van der Waals surface area contributed by atoms with E-state index < -0.39 is 0 Å². The van der Waals surface area contributed by atoms with Crippen molar-refractivity contribution in [3.63, 3.8) is 0 Å². The molecule has 0 radical (unpaired) electrons. The fourth-order valence-electron chi connectivity index (χ4n) is 21.8.